The molecule has 35 heavy (non-hydrogen) atoms. The second kappa shape index (κ2) is 8.70. The molecule has 4 heterocycles. The molecule has 1 N–H and O–H groups in total. The summed E-state index contributed by atoms with van der Waals surface area (Å²) in [6.45, 7) is 14.1. The number of imidazole rings is 1. The normalized spacial score (nSPS) is 15.3. The number of aromatic nitrogens is 4. The van der Waals surface area contributed by atoms with Crippen molar-refractivity contribution >= 4 is 28.2 Å². The zero-order valence-electron chi connectivity index (χ0n) is 21.6. The summed E-state index contributed by atoms with van der Waals surface area (Å²) in [5, 5.41) is 1.22. The lowest BCUT2D eigenvalue weighted by molar-refractivity contribution is 0.0204. The predicted molar refractivity (Wildman–Crippen MR) is 139 cm³/mol. The molecule has 7 heteroatoms. The molecular formula is C28H35N5O2. The van der Waals surface area contributed by atoms with Gasteiger partial charge in [-0.3, -0.25) is 0 Å². The number of nitrogens with one attached hydrogen (secondary N) is 1. The standard InChI is InChI=1S/C28H35N5O2/c1-17-13-18(2)29-26-25(17)30-19(3)33(26)16-20-7-8-23-22(14-20)15-24(31-23)21-9-11-32(12-10-21)27(34)35-28(4,5)6/h7-8,13-15,21,31H,9-12,16H2,1-6H3. The van der Waals surface area contributed by atoms with Gasteiger partial charge in [-0.25, -0.2) is 14.8 Å². The first kappa shape index (κ1) is 23.4. The third kappa shape index (κ3) is 4.77. The first-order valence-electron chi connectivity index (χ1n) is 12.5. The van der Waals surface area contributed by atoms with Crippen LogP contribution in [0, 0.1) is 20.8 Å². The van der Waals surface area contributed by atoms with Crippen molar-refractivity contribution in [2.75, 3.05) is 13.1 Å². The van der Waals surface area contributed by atoms with Crippen LogP contribution in [0.4, 0.5) is 4.79 Å². The molecule has 5 rings (SSSR count). The Morgan fingerprint density at radius 2 is 1.83 bits per heavy atom. The number of fused-ring (bicyclic) bond motifs is 2. The van der Waals surface area contributed by atoms with Crippen LogP contribution < -0.4 is 0 Å². The van der Waals surface area contributed by atoms with E-state index < -0.39 is 5.60 Å². The zero-order valence-corrected chi connectivity index (χ0v) is 21.6. The van der Waals surface area contributed by atoms with Crippen LogP contribution in [0.3, 0.4) is 0 Å². The fourth-order valence-corrected chi connectivity index (χ4v) is 5.11. The molecule has 7 nitrogen and oxygen atoms in total. The van der Waals surface area contributed by atoms with E-state index in [1.807, 2.05) is 39.5 Å². The quantitative estimate of drug-likeness (QED) is 0.396. The SMILES string of the molecule is Cc1cc(C)c2nc(C)n(Cc3ccc4[nH]c(C5CCN(C(=O)OC(C)(C)C)CC5)cc4c3)c2n1. The van der Waals surface area contributed by atoms with E-state index in [0.717, 1.165) is 66.2 Å². The number of carbonyl (C=O) groups excluding carboxylic acids is 1. The Balaban J connectivity index is 1.32. The molecule has 1 aliphatic rings. The Morgan fingerprint density at radius 3 is 2.54 bits per heavy atom. The number of pyridine rings is 1. The number of nitrogens with zero attached hydrogens (tertiary/aromatic N) is 4. The molecular weight excluding hydrogens is 438 g/mol. The minimum atomic E-state index is -0.460. The van der Waals surface area contributed by atoms with Crippen LogP contribution in [0.2, 0.25) is 0 Å². The predicted octanol–water partition coefficient (Wildman–Crippen LogP) is 6.00. The summed E-state index contributed by atoms with van der Waals surface area (Å²) in [6.07, 6.45) is 1.66. The van der Waals surface area contributed by atoms with Crippen LogP contribution in [-0.2, 0) is 11.3 Å². The van der Waals surface area contributed by atoms with Crippen molar-refractivity contribution in [3.05, 3.63) is 58.7 Å². The lowest BCUT2D eigenvalue weighted by atomic mass is 9.94. The molecule has 0 saturated carbocycles. The van der Waals surface area contributed by atoms with Gasteiger partial charge in [0.2, 0.25) is 0 Å². The van der Waals surface area contributed by atoms with E-state index in [0.29, 0.717) is 5.92 Å². The molecule has 0 aliphatic carbocycles. The summed E-state index contributed by atoms with van der Waals surface area (Å²) in [5.41, 5.74) is 7.28. The second-order valence-corrected chi connectivity index (χ2v) is 10.9. The number of carbonyl (C=O) groups is 1. The van der Waals surface area contributed by atoms with Gasteiger partial charge in [-0.15, -0.1) is 0 Å². The van der Waals surface area contributed by atoms with E-state index in [1.165, 1.54) is 16.6 Å². The molecule has 0 radical (unpaired) electrons. The minimum absolute atomic E-state index is 0.209. The van der Waals surface area contributed by atoms with Gasteiger partial charge < -0.3 is 19.2 Å². The van der Waals surface area contributed by atoms with Crippen LogP contribution >= 0.6 is 0 Å². The van der Waals surface area contributed by atoms with Crippen LogP contribution in [-0.4, -0.2) is 49.2 Å². The largest absolute Gasteiger partial charge is 0.444 e. The highest BCUT2D eigenvalue weighted by Gasteiger charge is 2.28. The van der Waals surface area contributed by atoms with Gasteiger partial charge in [0, 0.05) is 35.9 Å². The molecule has 0 unspecified atom stereocenters. The maximum absolute atomic E-state index is 12.4. The Morgan fingerprint density at radius 1 is 1.09 bits per heavy atom. The smallest absolute Gasteiger partial charge is 0.410 e. The van der Waals surface area contributed by atoms with E-state index in [9.17, 15) is 4.79 Å². The van der Waals surface area contributed by atoms with Crippen molar-refractivity contribution in [2.24, 2.45) is 0 Å². The lowest BCUT2D eigenvalue weighted by Gasteiger charge is -2.33. The number of hydrogen-bond donors (Lipinski definition) is 1. The van der Waals surface area contributed by atoms with E-state index in [2.05, 4.69) is 46.8 Å². The Labute approximate surface area is 206 Å². The van der Waals surface area contributed by atoms with Crippen LogP contribution in [0.5, 0.6) is 0 Å². The molecule has 1 saturated heterocycles. The van der Waals surface area contributed by atoms with Crippen molar-refractivity contribution in [2.45, 2.75) is 72.4 Å². The lowest BCUT2D eigenvalue weighted by Crippen LogP contribution is -2.41. The maximum Gasteiger partial charge on any atom is 0.410 e. The molecule has 0 spiro atoms. The molecule has 0 atom stereocenters. The highest BCUT2D eigenvalue weighted by atomic mass is 16.6. The maximum atomic E-state index is 12.4. The third-order valence-electron chi connectivity index (χ3n) is 6.85. The Kier molecular flexibility index (Phi) is 5.82. The molecule has 1 aromatic carbocycles. The summed E-state index contributed by atoms with van der Waals surface area (Å²) in [4.78, 5) is 27.4. The molecule has 1 fully saturated rings. The van der Waals surface area contributed by atoms with Crippen molar-refractivity contribution in [1.82, 2.24) is 24.4 Å². The highest BCUT2D eigenvalue weighted by Crippen LogP contribution is 2.31. The average molecular weight is 474 g/mol. The van der Waals surface area contributed by atoms with Gasteiger partial charge in [0.05, 0.1) is 6.54 Å². The molecule has 184 valence electrons. The average Bonchev–Trinajstić information content (AvgIpc) is 3.34. The monoisotopic (exact) mass is 473 g/mol. The van der Waals surface area contributed by atoms with E-state index in [1.54, 1.807) is 0 Å². The van der Waals surface area contributed by atoms with Gasteiger partial charge in [0.1, 0.15) is 16.9 Å². The van der Waals surface area contributed by atoms with Crippen molar-refractivity contribution < 1.29 is 9.53 Å². The minimum Gasteiger partial charge on any atom is -0.444 e. The number of likely N-dealkylation sites (tertiary alicyclic amines) is 1. The highest BCUT2D eigenvalue weighted by molar-refractivity contribution is 5.81. The number of aromatic amines is 1. The van der Waals surface area contributed by atoms with E-state index in [4.69, 9.17) is 14.7 Å². The fraction of sp³-hybridized carbons (Fsp3) is 0.464. The number of H-pyrrole nitrogens is 1. The molecule has 3 aromatic heterocycles. The third-order valence-corrected chi connectivity index (χ3v) is 6.85. The molecule has 0 bridgehead atoms. The summed E-state index contributed by atoms with van der Waals surface area (Å²) in [6, 6.07) is 11.0. The fourth-order valence-electron chi connectivity index (χ4n) is 5.11. The second-order valence-electron chi connectivity index (χ2n) is 10.9. The van der Waals surface area contributed by atoms with Gasteiger partial charge >= 0.3 is 6.09 Å². The Hall–Kier alpha value is -3.35. The summed E-state index contributed by atoms with van der Waals surface area (Å²) in [7, 11) is 0. The van der Waals surface area contributed by atoms with Gasteiger partial charge in [-0.2, -0.15) is 0 Å². The summed E-state index contributed by atoms with van der Waals surface area (Å²) < 4.78 is 7.74. The van der Waals surface area contributed by atoms with Gasteiger partial charge in [-0.05, 0) is 95.2 Å². The number of aryl methyl sites for hydroxylation is 3. The Bertz CT molecular complexity index is 1400. The van der Waals surface area contributed by atoms with Crippen LogP contribution in [0.15, 0.2) is 30.3 Å². The van der Waals surface area contributed by atoms with Gasteiger partial charge in [0.25, 0.3) is 0 Å². The van der Waals surface area contributed by atoms with Gasteiger partial charge in [-0.1, -0.05) is 6.07 Å². The number of amides is 1. The van der Waals surface area contributed by atoms with E-state index in [-0.39, 0.29) is 6.09 Å². The number of rotatable bonds is 3. The summed E-state index contributed by atoms with van der Waals surface area (Å²) in [5.74, 6) is 1.40. The number of piperidine rings is 1. The molecule has 1 aliphatic heterocycles. The van der Waals surface area contributed by atoms with Crippen LogP contribution in [0.1, 0.15) is 67.9 Å². The first-order valence-corrected chi connectivity index (χ1v) is 12.5. The van der Waals surface area contributed by atoms with Crippen molar-refractivity contribution in [1.29, 1.82) is 0 Å². The van der Waals surface area contributed by atoms with Crippen molar-refractivity contribution in [3.8, 4) is 0 Å². The van der Waals surface area contributed by atoms with Gasteiger partial charge in [0.15, 0.2) is 5.65 Å². The topological polar surface area (TPSA) is 76.0 Å². The first-order chi connectivity index (χ1) is 16.6. The molecule has 1 amide bonds. The summed E-state index contributed by atoms with van der Waals surface area (Å²) >= 11 is 0. The number of benzene rings is 1. The number of ether oxygens (including phenoxy) is 1. The zero-order chi connectivity index (χ0) is 24.9. The van der Waals surface area contributed by atoms with E-state index >= 15 is 0 Å². The van der Waals surface area contributed by atoms with Crippen molar-refractivity contribution in [3.63, 3.8) is 0 Å². The van der Waals surface area contributed by atoms with Crippen LogP contribution in [0.25, 0.3) is 22.1 Å². The number of hydrogen-bond acceptors (Lipinski definition) is 4. The molecule has 4 aromatic rings.